The summed E-state index contributed by atoms with van der Waals surface area (Å²) >= 11 is 0. The van der Waals surface area contributed by atoms with Crippen LogP contribution in [-0.2, 0) is 26.0 Å². The second-order valence-corrected chi connectivity index (χ2v) is 11.6. The minimum atomic E-state index is -4.06. The van der Waals surface area contributed by atoms with Crippen molar-refractivity contribution in [3.05, 3.63) is 95.6 Å². The van der Waals surface area contributed by atoms with Gasteiger partial charge in [-0.1, -0.05) is 66.2 Å². The molecule has 3 aromatic rings. The molecule has 0 aliphatic heterocycles. The first kappa shape index (κ1) is 28.9. The number of amides is 2. The molecule has 0 aromatic heterocycles. The smallest absolute Gasteiger partial charge is 0.264 e. The summed E-state index contributed by atoms with van der Waals surface area (Å²) in [6.07, 6.45) is 0.529. The van der Waals surface area contributed by atoms with Gasteiger partial charge in [0.2, 0.25) is 11.8 Å². The highest BCUT2D eigenvalue weighted by Crippen LogP contribution is 2.28. The van der Waals surface area contributed by atoms with Gasteiger partial charge in [0.15, 0.2) is 0 Å². The average Bonchev–Trinajstić information content (AvgIpc) is 2.88. The van der Waals surface area contributed by atoms with Crippen LogP contribution in [0.2, 0.25) is 0 Å². The van der Waals surface area contributed by atoms with Gasteiger partial charge in [-0.3, -0.25) is 13.9 Å². The Labute approximate surface area is 226 Å². The van der Waals surface area contributed by atoms with Crippen LogP contribution in [0.3, 0.4) is 0 Å². The molecule has 0 bridgehead atoms. The number of aryl methyl sites for hydroxylation is 2. The zero-order valence-electron chi connectivity index (χ0n) is 22.7. The molecule has 2 amide bonds. The van der Waals surface area contributed by atoms with Crippen LogP contribution in [-0.4, -0.2) is 50.3 Å². The molecular formula is C30H37N3O4S. The van der Waals surface area contributed by atoms with Gasteiger partial charge < -0.3 is 10.2 Å². The third kappa shape index (κ3) is 7.22. The Kier molecular flexibility index (Phi) is 9.69. The van der Waals surface area contributed by atoms with Crippen LogP contribution in [0, 0.1) is 13.8 Å². The van der Waals surface area contributed by atoms with Crippen LogP contribution >= 0.6 is 0 Å². The third-order valence-electron chi connectivity index (χ3n) is 6.31. The summed E-state index contributed by atoms with van der Waals surface area (Å²) in [6.45, 7) is 8.97. The minimum Gasteiger partial charge on any atom is -0.352 e. The van der Waals surface area contributed by atoms with E-state index in [-0.39, 0.29) is 23.4 Å². The fourth-order valence-electron chi connectivity index (χ4n) is 4.29. The molecule has 7 nitrogen and oxygen atoms in total. The van der Waals surface area contributed by atoms with E-state index in [0.29, 0.717) is 12.1 Å². The Bertz CT molecular complexity index is 1340. The standard InChI is InChI=1S/C30H37N3O4S/c1-22(2)31-30(35)25(5)32(19-18-26-12-8-6-9-13-26)29(34)21-33(28-17-16-23(3)20-24(28)4)38(36,37)27-14-10-7-11-15-27/h6-17,20,22,25H,18-19,21H2,1-5H3,(H,31,35)/t25-/m1/s1. The zero-order valence-corrected chi connectivity index (χ0v) is 23.5. The maximum Gasteiger partial charge on any atom is 0.264 e. The molecule has 0 heterocycles. The van der Waals surface area contributed by atoms with E-state index in [4.69, 9.17) is 0 Å². The van der Waals surface area contributed by atoms with Crippen molar-refractivity contribution in [3.63, 3.8) is 0 Å². The molecule has 0 unspecified atom stereocenters. The maximum absolute atomic E-state index is 13.9. The van der Waals surface area contributed by atoms with Gasteiger partial charge in [-0.05, 0) is 70.4 Å². The average molecular weight is 536 g/mol. The lowest BCUT2D eigenvalue weighted by atomic mass is 10.1. The topological polar surface area (TPSA) is 86.8 Å². The minimum absolute atomic E-state index is 0.0919. The summed E-state index contributed by atoms with van der Waals surface area (Å²) in [5.41, 5.74) is 3.16. The van der Waals surface area contributed by atoms with Crippen LogP contribution < -0.4 is 9.62 Å². The Balaban J connectivity index is 2.00. The fraction of sp³-hybridized carbons (Fsp3) is 0.333. The van der Waals surface area contributed by atoms with E-state index in [1.807, 2.05) is 70.2 Å². The maximum atomic E-state index is 13.9. The third-order valence-corrected chi connectivity index (χ3v) is 8.09. The van der Waals surface area contributed by atoms with E-state index in [2.05, 4.69) is 5.32 Å². The highest BCUT2D eigenvalue weighted by molar-refractivity contribution is 7.92. The van der Waals surface area contributed by atoms with Gasteiger partial charge in [0.05, 0.1) is 10.6 Å². The van der Waals surface area contributed by atoms with Crippen molar-refractivity contribution < 1.29 is 18.0 Å². The quantitative estimate of drug-likeness (QED) is 0.392. The molecule has 0 saturated heterocycles. The predicted octanol–water partition coefficient (Wildman–Crippen LogP) is 4.48. The van der Waals surface area contributed by atoms with E-state index in [0.717, 1.165) is 21.0 Å². The lowest BCUT2D eigenvalue weighted by Gasteiger charge is -2.32. The van der Waals surface area contributed by atoms with E-state index in [1.54, 1.807) is 31.2 Å². The first-order chi connectivity index (χ1) is 18.0. The van der Waals surface area contributed by atoms with Gasteiger partial charge in [-0.2, -0.15) is 0 Å². The van der Waals surface area contributed by atoms with E-state index in [1.165, 1.54) is 17.0 Å². The van der Waals surface area contributed by atoms with Crippen molar-refractivity contribution in [2.45, 2.75) is 58.0 Å². The largest absolute Gasteiger partial charge is 0.352 e. The van der Waals surface area contributed by atoms with Gasteiger partial charge in [-0.15, -0.1) is 0 Å². The van der Waals surface area contributed by atoms with Gasteiger partial charge in [0, 0.05) is 12.6 Å². The molecule has 8 heteroatoms. The van der Waals surface area contributed by atoms with Crippen molar-refractivity contribution >= 4 is 27.5 Å². The molecule has 1 atom stereocenters. The van der Waals surface area contributed by atoms with Gasteiger partial charge >= 0.3 is 0 Å². The first-order valence-electron chi connectivity index (χ1n) is 12.8. The van der Waals surface area contributed by atoms with Crippen molar-refractivity contribution in [1.29, 1.82) is 0 Å². The molecule has 0 saturated carbocycles. The monoisotopic (exact) mass is 535 g/mol. The van der Waals surface area contributed by atoms with Crippen LogP contribution in [0.1, 0.15) is 37.5 Å². The molecule has 0 fully saturated rings. The van der Waals surface area contributed by atoms with Crippen molar-refractivity contribution in [2.24, 2.45) is 0 Å². The van der Waals surface area contributed by atoms with Crippen LogP contribution in [0.5, 0.6) is 0 Å². The molecule has 0 aliphatic carbocycles. The Morgan fingerprint density at radius 3 is 2.05 bits per heavy atom. The Morgan fingerprint density at radius 1 is 0.868 bits per heavy atom. The number of rotatable bonds is 11. The number of carbonyl (C=O) groups excluding carboxylic acids is 2. The Hall–Kier alpha value is -3.65. The summed E-state index contributed by atoms with van der Waals surface area (Å²) in [5, 5.41) is 2.87. The molecule has 38 heavy (non-hydrogen) atoms. The van der Waals surface area contributed by atoms with Crippen LogP contribution in [0.25, 0.3) is 0 Å². The number of carbonyl (C=O) groups is 2. The molecular weight excluding hydrogens is 498 g/mol. The van der Waals surface area contributed by atoms with E-state index < -0.39 is 28.5 Å². The second-order valence-electron chi connectivity index (χ2n) is 9.78. The number of benzene rings is 3. The number of anilines is 1. The number of nitrogens with one attached hydrogen (secondary N) is 1. The lowest BCUT2D eigenvalue weighted by Crippen LogP contribution is -2.53. The van der Waals surface area contributed by atoms with E-state index >= 15 is 0 Å². The molecule has 202 valence electrons. The molecule has 0 radical (unpaired) electrons. The van der Waals surface area contributed by atoms with Gasteiger partial charge in [0.25, 0.3) is 10.0 Å². The molecule has 3 rings (SSSR count). The first-order valence-corrected chi connectivity index (χ1v) is 14.2. The molecule has 1 N–H and O–H groups in total. The molecule has 3 aromatic carbocycles. The second kappa shape index (κ2) is 12.7. The SMILES string of the molecule is Cc1ccc(N(CC(=O)N(CCc2ccccc2)[C@H](C)C(=O)NC(C)C)S(=O)(=O)c2ccccc2)c(C)c1. The summed E-state index contributed by atoms with van der Waals surface area (Å²) in [6, 6.07) is 22.3. The zero-order chi connectivity index (χ0) is 27.9. The van der Waals surface area contributed by atoms with Crippen LogP contribution in [0.4, 0.5) is 5.69 Å². The fourth-order valence-corrected chi connectivity index (χ4v) is 5.79. The van der Waals surface area contributed by atoms with Crippen molar-refractivity contribution in [3.8, 4) is 0 Å². The highest BCUT2D eigenvalue weighted by Gasteiger charge is 2.33. The summed E-state index contributed by atoms with van der Waals surface area (Å²) in [4.78, 5) is 28.4. The van der Waals surface area contributed by atoms with Crippen LogP contribution in [0.15, 0.2) is 83.8 Å². The molecule has 0 spiro atoms. The van der Waals surface area contributed by atoms with Gasteiger partial charge in [-0.25, -0.2) is 8.42 Å². The highest BCUT2D eigenvalue weighted by atomic mass is 32.2. The predicted molar refractivity (Wildman–Crippen MR) is 151 cm³/mol. The van der Waals surface area contributed by atoms with E-state index in [9.17, 15) is 18.0 Å². The summed E-state index contributed by atoms with van der Waals surface area (Å²) in [5.74, 6) is -0.739. The lowest BCUT2D eigenvalue weighted by molar-refractivity contribution is -0.139. The number of sulfonamides is 1. The van der Waals surface area contributed by atoms with Gasteiger partial charge in [0.1, 0.15) is 12.6 Å². The summed E-state index contributed by atoms with van der Waals surface area (Å²) < 4.78 is 28.8. The summed E-state index contributed by atoms with van der Waals surface area (Å²) in [7, 11) is -4.06. The number of hydrogen-bond acceptors (Lipinski definition) is 4. The molecule has 0 aliphatic rings. The normalized spacial score (nSPS) is 12.2. The number of hydrogen-bond donors (Lipinski definition) is 1. The van der Waals surface area contributed by atoms with Crippen molar-refractivity contribution in [2.75, 3.05) is 17.4 Å². The van der Waals surface area contributed by atoms with Crippen molar-refractivity contribution in [1.82, 2.24) is 10.2 Å². The Morgan fingerprint density at radius 2 is 1.47 bits per heavy atom. The number of nitrogens with zero attached hydrogens (tertiary/aromatic N) is 2.